The van der Waals surface area contributed by atoms with Crippen molar-refractivity contribution in [1.82, 2.24) is 25.5 Å². The van der Waals surface area contributed by atoms with Gasteiger partial charge in [0.05, 0.1) is 6.04 Å². The zero-order valence-electron chi connectivity index (χ0n) is 10.7. The van der Waals surface area contributed by atoms with Gasteiger partial charge in [0.1, 0.15) is 12.9 Å². The van der Waals surface area contributed by atoms with Crippen LogP contribution in [0.3, 0.4) is 0 Å². The summed E-state index contributed by atoms with van der Waals surface area (Å²) in [6.07, 6.45) is 3.70. The van der Waals surface area contributed by atoms with E-state index in [0.29, 0.717) is 10.9 Å². The van der Waals surface area contributed by atoms with Gasteiger partial charge in [-0.05, 0) is 46.9 Å². The molecule has 1 aliphatic carbocycles. The number of benzene rings is 1. The molecule has 1 N–H and O–H groups in total. The summed E-state index contributed by atoms with van der Waals surface area (Å²) in [6, 6.07) is 7.65. The van der Waals surface area contributed by atoms with Crippen LogP contribution < -0.4 is 5.32 Å². The van der Waals surface area contributed by atoms with Crippen LogP contribution >= 0.6 is 11.6 Å². The lowest BCUT2D eigenvalue weighted by molar-refractivity contribution is -0.122. The highest BCUT2D eigenvalue weighted by Gasteiger charge is 2.33. The fraction of sp³-hybridized carbons (Fsp3) is 0.385. The lowest BCUT2D eigenvalue weighted by Gasteiger charge is -2.18. The maximum atomic E-state index is 12.0. The van der Waals surface area contributed by atoms with Crippen molar-refractivity contribution < 1.29 is 4.79 Å². The van der Waals surface area contributed by atoms with Crippen LogP contribution in [0.15, 0.2) is 30.6 Å². The van der Waals surface area contributed by atoms with Gasteiger partial charge in [0.15, 0.2) is 0 Å². The molecule has 1 amide bonds. The third kappa shape index (κ3) is 3.14. The third-order valence-electron chi connectivity index (χ3n) is 3.34. The van der Waals surface area contributed by atoms with E-state index in [2.05, 4.69) is 20.8 Å². The van der Waals surface area contributed by atoms with E-state index in [1.807, 2.05) is 24.3 Å². The number of nitrogens with one attached hydrogen (secondary N) is 1. The molecule has 0 unspecified atom stereocenters. The predicted octanol–water partition coefficient (Wildman–Crippen LogP) is 1.59. The van der Waals surface area contributed by atoms with Crippen molar-refractivity contribution in [2.24, 2.45) is 5.92 Å². The molecule has 1 fully saturated rings. The lowest BCUT2D eigenvalue weighted by Crippen LogP contribution is -2.32. The standard InChI is InChI=1S/C13H14ClN5O/c14-11-5-3-10(4-6-11)13(9-1-2-9)16-12(20)7-19-8-15-17-18-19/h3-6,8-9,13H,1-2,7H2,(H,16,20)/t13-/m0/s1. The summed E-state index contributed by atoms with van der Waals surface area (Å²) in [5, 5.41) is 14.5. The number of halogens is 1. The van der Waals surface area contributed by atoms with Crippen molar-refractivity contribution in [1.29, 1.82) is 0 Å². The molecule has 0 aliphatic heterocycles. The molecule has 0 bridgehead atoms. The average Bonchev–Trinajstić information content (AvgIpc) is 3.16. The smallest absolute Gasteiger partial charge is 0.242 e. The molecule has 1 heterocycles. The molecule has 1 atom stereocenters. The first-order valence-corrected chi connectivity index (χ1v) is 6.86. The van der Waals surface area contributed by atoms with Gasteiger partial charge in [-0.2, -0.15) is 0 Å². The topological polar surface area (TPSA) is 72.7 Å². The Kier molecular flexibility index (Phi) is 3.64. The minimum Gasteiger partial charge on any atom is -0.347 e. The van der Waals surface area contributed by atoms with Crippen molar-refractivity contribution in [2.75, 3.05) is 0 Å². The van der Waals surface area contributed by atoms with Gasteiger partial charge in [0, 0.05) is 5.02 Å². The van der Waals surface area contributed by atoms with Gasteiger partial charge in [0.2, 0.25) is 5.91 Å². The van der Waals surface area contributed by atoms with Crippen LogP contribution in [0.2, 0.25) is 5.02 Å². The number of aromatic nitrogens is 4. The first kappa shape index (κ1) is 13.1. The molecule has 1 saturated carbocycles. The van der Waals surface area contributed by atoms with Crippen molar-refractivity contribution >= 4 is 17.5 Å². The van der Waals surface area contributed by atoms with Gasteiger partial charge in [-0.3, -0.25) is 4.79 Å². The van der Waals surface area contributed by atoms with E-state index in [-0.39, 0.29) is 18.5 Å². The molecular formula is C13H14ClN5O. The number of hydrogen-bond acceptors (Lipinski definition) is 4. The molecule has 1 aromatic carbocycles. The highest BCUT2D eigenvalue weighted by molar-refractivity contribution is 6.30. The van der Waals surface area contributed by atoms with E-state index in [1.165, 1.54) is 11.0 Å². The summed E-state index contributed by atoms with van der Waals surface area (Å²) < 4.78 is 1.40. The number of rotatable bonds is 5. The van der Waals surface area contributed by atoms with Crippen LogP contribution in [0, 0.1) is 5.92 Å². The Balaban J connectivity index is 1.68. The summed E-state index contributed by atoms with van der Waals surface area (Å²) >= 11 is 5.90. The van der Waals surface area contributed by atoms with Crippen molar-refractivity contribution in [3.63, 3.8) is 0 Å². The van der Waals surface area contributed by atoms with Gasteiger partial charge < -0.3 is 5.32 Å². The zero-order valence-corrected chi connectivity index (χ0v) is 11.5. The van der Waals surface area contributed by atoms with Crippen LogP contribution in [-0.4, -0.2) is 26.1 Å². The van der Waals surface area contributed by atoms with Crippen LogP contribution in [0.5, 0.6) is 0 Å². The number of carbonyl (C=O) groups excluding carboxylic acids is 1. The zero-order chi connectivity index (χ0) is 13.9. The van der Waals surface area contributed by atoms with Gasteiger partial charge in [0.25, 0.3) is 0 Å². The van der Waals surface area contributed by atoms with E-state index in [1.54, 1.807) is 0 Å². The van der Waals surface area contributed by atoms with E-state index < -0.39 is 0 Å². The minimum atomic E-state index is -0.0934. The number of hydrogen-bond donors (Lipinski definition) is 1. The molecule has 0 saturated heterocycles. The minimum absolute atomic E-state index is 0.0382. The average molecular weight is 292 g/mol. The van der Waals surface area contributed by atoms with E-state index in [9.17, 15) is 4.79 Å². The Hall–Kier alpha value is -1.95. The summed E-state index contributed by atoms with van der Waals surface area (Å²) in [6.45, 7) is 0.129. The molecule has 2 aromatic rings. The monoisotopic (exact) mass is 291 g/mol. The summed E-state index contributed by atoms with van der Waals surface area (Å²) in [5.74, 6) is 0.415. The summed E-state index contributed by atoms with van der Waals surface area (Å²) in [5.41, 5.74) is 1.09. The first-order chi connectivity index (χ1) is 9.72. The molecule has 20 heavy (non-hydrogen) atoms. The fourth-order valence-corrected chi connectivity index (χ4v) is 2.32. The molecule has 6 nitrogen and oxygen atoms in total. The first-order valence-electron chi connectivity index (χ1n) is 6.48. The number of tetrazole rings is 1. The van der Waals surface area contributed by atoms with Gasteiger partial charge >= 0.3 is 0 Å². The van der Waals surface area contributed by atoms with Crippen LogP contribution in [0.1, 0.15) is 24.4 Å². The lowest BCUT2D eigenvalue weighted by atomic mass is 10.0. The maximum Gasteiger partial charge on any atom is 0.242 e. The quantitative estimate of drug-likeness (QED) is 0.908. The molecule has 3 rings (SSSR count). The highest BCUT2D eigenvalue weighted by atomic mass is 35.5. The van der Waals surface area contributed by atoms with E-state index in [4.69, 9.17) is 11.6 Å². The Labute approximate surface area is 121 Å². The Morgan fingerprint density at radius 1 is 1.40 bits per heavy atom. The number of amides is 1. The Morgan fingerprint density at radius 2 is 2.15 bits per heavy atom. The van der Waals surface area contributed by atoms with Crippen molar-refractivity contribution in [2.45, 2.75) is 25.4 Å². The largest absolute Gasteiger partial charge is 0.347 e. The predicted molar refractivity (Wildman–Crippen MR) is 72.9 cm³/mol. The fourth-order valence-electron chi connectivity index (χ4n) is 2.19. The number of nitrogens with zero attached hydrogens (tertiary/aromatic N) is 4. The summed E-state index contributed by atoms with van der Waals surface area (Å²) in [7, 11) is 0. The van der Waals surface area contributed by atoms with E-state index in [0.717, 1.165) is 18.4 Å². The van der Waals surface area contributed by atoms with Crippen molar-refractivity contribution in [3.05, 3.63) is 41.2 Å². The Morgan fingerprint density at radius 3 is 2.75 bits per heavy atom. The van der Waals surface area contributed by atoms with Crippen molar-refractivity contribution in [3.8, 4) is 0 Å². The second-order valence-electron chi connectivity index (χ2n) is 4.94. The van der Waals surface area contributed by atoms with Crippen LogP contribution in [-0.2, 0) is 11.3 Å². The molecule has 1 aromatic heterocycles. The Bertz CT molecular complexity index is 579. The normalized spacial score (nSPS) is 15.8. The van der Waals surface area contributed by atoms with Crippen LogP contribution in [0.25, 0.3) is 0 Å². The van der Waals surface area contributed by atoms with Crippen LogP contribution in [0.4, 0.5) is 0 Å². The maximum absolute atomic E-state index is 12.0. The molecule has 7 heteroatoms. The highest BCUT2D eigenvalue weighted by Crippen LogP contribution is 2.41. The SMILES string of the molecule is O=C(Cn1cnnn1)N[C@H](c1ccc(Cl)cc1)C1CC1. The second-order valence-corrected chi connectivity index (χ2v) is 5.38. The molecule has 0 spiro atoms. The molecule has 104 valence electrons. The van der Waals surface area contributed by atoms with Gasteiger partial charge in [-0.25, -0.2) is 4.68 Å². The molecule has 0 radical (unpaired) electrons. The molecule has 1 aliphatic rings. The second kappa shape index (κ2) is 5.58. The number of carbonyl (C=O) groups is 1. The van der Waals surface area contributed by atoms with Gasteiger partial charge in [-0.15, -0.1) is 5.10 Å². The van der Waals surface area contributed by atoms with Gasteiger partial charge in [-0.1, -0.05) is 23.7 Å². The molecular weight excluding hydrogens is 278 g/mol. The summed E-state index contributed by atoms with van der Waals surface area (Å²) in [4.78, 5) is 12.0. The third-order valence-corrected chi connectivity index (χ3v) is 3.59. The van der Waals surface area contributed by atoms with E-state index >= 15 is 0 Å².